The number of hydrogen-bond donors (Lipinski definition) is 1. The standard InChI is InChI=1S/C11H16N2O/c12-8-10-2-1-6-13(11(10)14)7-5-9-3-4-9/h1-2,6,9H,3-5,7-8,12H2. The molecule has 1 aromatic rings. The largest absolute Gasteiger partial charge is 0.326 e. The van der Waals surface area contributed by atoms with Crippen molar-refractivity contribution in [3.8, 4) is 0 Å². The van der Waals surface area contributed by atoms with Crippen LogP contribution in [0, 0.1) is 5.92 Å². The summed E-state index contributed by atoms with van der Waals surface area (Å²) in [6.45, 7) is 1.18. The third-order valence-electron chi connectivity index (χ3n) is 2.79. The number of nitrogens with zero attached hydrogens (tertiary/aromatic N) is 1. The van der Waals surface area contributed by atoms with Gasteiger partial charge in [-0.3, -0.25) is 4.79 Å². The monoisotopic (exact) mass is 192 g/mol. The second-order valence-corrected chi connectivity index (χ2v) is 3.97. The average Bonchev–Trinajstić information content (AvgIpc) is 3.00. The number of aromatic nitrogens is 1. The van der Waals surface area contributed by atoms with Gasteiger partial charge in [0.1, 0.15) is 0 Å². The third-order valence-corrected chi connectivity index (χ3v) is 2.79. The molecule has 0 radical (unpaired) electrons. The number of aryl methyl sites for hydroxylation is 1. The highest BCUT2D eigenvalue weighted by molar-refractivity contribution is 5.09. The molecular formula is C11H16N2O. The van der Waals surface area contributed by atoms with Gasteiger partial charge in [-0.05, 0) is 18.4 Å². The topological polar surface area (TPSA) is 48.0 Å². The van der Waals surface area contributed by atoms with Crippen LogP contribution in [-0.2, 0) is 13.1 Å². The number of nitrogens with two attached hydrogens (primary N) is 1. The van der Waals surface area contributed by atoms with Crippen LogP contribution in [0.5, 0.6) is 0 Å². The van der Waals surface area contributed by atoms with Crippen molar-refractivity contribution >= 4 is 0 Å². The first-order valence-electron chi connectivity index (χ1n) is 5.19. The van der Waals surface area contributed by atoms with Crippen molar-refractivity contribution < 1.29 is 0 Å². The maximum Gasteiger partial charge on any atom is 0.255 e. The van der Waals surface area contributed by atoms with Gasteiger partial charge in [-0.2, -0.15) is 0 Å². The van der Waals surface area contributed by atoms with Crippen LogP contribution >= 0.6 is 0 Å². The van der Waals surface area contributed by atoms with Crippen LogP contribution in [0.25, 0.3) is 0 Å². The zero-order valence-corrected chi connectivity index (χ0v) is 8.28. The molecule has 14 heavy (non-hydrogen) atoms. The van der Waals surface area contributed by atoms with Crippen molar-refractivity contribution in [2.24, 2.45) is 11.7 Å². The summed E-state index contributed by atoms with van der Waals surface area (Å²) in [5.41, 5.74) is 6.27. The normalized spacial score (nSPS) is 15.8. The third kappa shape index (κ3) is 2.04. The Morgan fingerprint density at radius 2 is 2.29 bits per heavy atom. The number of pyridine rings is 1. The van der Waals surface area contributed by atoms with E-state index in [1.807, 2.05) is 12.3 Å². The lowest BCUT2D eigenvalue weighted by molar-refractivity contribution is 0.577. The predicted octanol–water partition coefficient (Wildman–Crippen LogP) is 1.11. The fourth-order valence-electron chi connectivity index (χ4n) is 1.65. The molecule has 0 aliphatic heterocycles. The van der Waals surface area contributed by atoms with E-state index in [2.05, 4.69) is 0 Å². The molecule has 0 saturated heterocycles. The highest BCUT2D eigenvalue weighted by atomic mass is 16.1. The van der Waals surface area contributed by atoms with Gasteiger partial charge in [-0.15, -0.1) is 0 Å². The highest BCUT2D eigenvalue weighted by Gasteiger charge is 2.20. The second kappa shape index (κ2) is 3.96. The van der Waals surface area contributed by atoms with E-state index in [0.29, 0.717) is 12.1 Å². The Labute approximate surface area is 83.5 Å². The molecule has 1 aliphatic rings. The van der Waals surface area contributed by atoms with Crippen molar-refractivity contribution in [1.82, 2.24) is 4.57 Å². The summed E-state index contributed by atoms with van der Waals surface area (Å²) >= 11 is 0. The summed E-state index contributed by atoms with van der Waals surface area (Å²) in [6.07, 6.45) is 5.66. The molecule has 3 nitrogen and oxygen atoms in total. The van der Waals surface area contributed by atoms with E-state index in [0.717, 1.165) is 18.9 Å². The molecule has 2 N–H and O–H groups in total. The van der Waals surface area contributed by atoms with E-state index in [4.69, 9.17) is 5.73 Å². The van der Waals surface area contributed by atoms with Crippen molar-refractivity contribution in [1.29, 1.82) is 0 Å². The van der Waals surface area contributed by atoms with Gasteiger partial charge >= 0.3 is 0 Å². The zero-order valence-electron chi connectivity index (χ0n) is 8.28. The van der Waals surface area contributed by atoms with Crippen LogP contribution in [-0.4, -0.2) is 4.57 Å². The number of hydrogen-bond acceptors (Lipinski definition) is 2. The van der Waals surface area contributed by atoms with E-state index in [-0.39, 0.29) is 5.56 Å². The predicted molar refractivity (Wildman–Crippen MR) is 55.9 cm³/mol. The first kappa shape index (κ1) is 9.46. The fourth-order valence-corrected chi connectivity index (χ4v) is 1.65. The van der Waals surface area contributed by atoms with Gasteiger partial charge in [0.25, 0.3) is 5.56 Å². The molecular weight excluding hydrogens is 176 g/mol. The molecule has 0 aromatic carbocycles. The van der Waals surface area contributed by atoms with Gasteiger partial charge in [0, 0.05) is 24.8 Å². The lowest BCUT2D eigenvalue weighted by Crippen LogP contribution is -2.24. The van der Waals surface area contributed by atoms with Crippen LogP contribution in [0.3, 0.4) is 0 Å². The minimum Gasteiger partial charge on any atom is -0.326 e. The van der Waals surface area contributed by atoms with E-state index >= 15 is 0 Å². The lowest BCUT2D eigenvalue weighted by Gasteiger charge is -2.05. The first-order valence-corrected chi connectivity index (χ1v) is 5.19. The summed E-state index contributed by atoms with van der Waals surface area (Å²) in [5.74, 6) is 0.864. The van der Waals surface area contributed by atoms with Crippen molar-refractivity contribution in [3.63, 3.8) is 0 Å². The molecule has 0 unspecified atom stereocenters. The Hall–Kier alpha value is -1.09. The summed E-state index contributed by atoms with van der Waals surface area (Å²) in [6, 6.07) is 3.70. The average molecular weight is 192 g/mol. The molecule has 1 saturated carbocycles. The summed E-state index contributed by atoms with van der Waals surface area (Å²) in [5, 5.41) is 0. The fraction of sp³-hybridized carbons (Fsp3) is 0.545. The van der Waals surface area contributed by atoms with Crippen molar-refractivity contribution in [2.45, 2.75) is 32.4 Å². The van der Waals surface area contributed by atoms with Crippen LogP contribution < -0.4 is 11.3 Å². The van der Waals surface area contributed by atoms with Gasteiger partial charge in [0.15, 0.2) is 0 Å². The van der Waals surface area contributed by atoms with Crippen LogP contribution in [0.4, 0.5) is 0 Å². The van der Waals surface area contributed by atoms with Crippen molar-refractivity contribution in [3.05, 3.63) is 34.2 Å². The molecule has 3 heteroatoms. The van der Waals surface area contributed by atoms with Gasteiger partial charge in [0.2, 0.25) is 0 Å². The molecule has 1 aromatic heterocycles. The Kier molecular flexibility index (Phi) is 2.68. The van der Waals surface area contributed by atoms with Crippen LogP contribution in [0.1, 0.15) is 24.8 Å². The van der Waals surface area contributed by atoms with Crippen LogP contribution in [0.2, 0.25) is 0 Å². The molecule has 1 fully saturated rings. The molecule has 0 bridgehead atoms. The Balaban J connectivity index is 2.11. The van der Waals surface area contributed by atoms with E-state index in [9.17, 15) is 4.79 Å². The molecule has 2 rings (SSSR count). The van der Waals surface area contributed by atoms with Gasteiger partial charge in [-0.25, -0.2) is 0 Å². The van der Waals surface area contributed by atoms with Gasteiger partial charge < -0.3 is 10.3 Å². The van der Waals surface area contributed by atoms with Crippen molar-refractivity contribution in [2.75, 3.05) is 0 Å². The van der Waals surface area contributed by atoms with Crippen LogP contribution in [0.15, 0.2) is 23.1 Å². The molecule has 1 aliphatic carbocycles. The maximum absolute atomic E-state index is 11.7. The smallest absolute Gasteiger partial charge is 0.255 e. The highest BCUT2D eigenvalue weighted by Crippen LogP contribution is 2.32. The molecule has 1 heterocycles. The Morgan fingerprint density at radius 1 is 1.50 bits per heavy atom. The lowest BCUT2D eigenvalue weighted by atomic mass is 10.2. The maximum atomic E-state index is 11.7. The minimum absolute atomic E-state index is 0.0793. The summed E-state index contributed by atoms with van der Waals surface area (Å²) in [4.78, 5) is 11.7. The summed E-state index contributed by atoms with van der Waals surface area (Å²) in [7, 11) is 0. The Morgan fingerprint density at radius 3 is 2.93 bits per heavy atom. The Bertz CT molecular complexity index is 366. The second-order valence-electron chi connectivity index (χ2n) is 3.97. The summed E-state index contributed by atoms with van der Waals surface area (Å²) < 4.78 is 1.78. The first-order chi connectivity index (χ1) is 6.81. The van der Waals surface area contributed by atoms with E-state index in [1.54, 1.807) is 10.6 Å². The molecule has 0 spiro atoms. The van der Waals surface area contributed by atoms with E-state index < -0.39 is 0 Å². The van der Waals surface area contributed by atoms with E-state index in [1.165, 1.54) is 12.8 Å². The van der Waals surface area contributed by atoms with Gasteiger partial charge in [0.05, 0.1) is 0 Å². The van der Waals surface area contributed by atoms with Gasteiger partial charge in [-0.1, -0.05) is 18.9 Å². The SMILES string of the molecule is NCc1cccn(CCC2CC2)c1=O. The molecule has 0 atom stereocenters. The zero-order chi connectivity index (χ0) is 9.97. The number of rotatable bonds is 4. The minimum atomic E-state index is 0.0793. The molecule has 0 amide bonds. The quantitative estimate of drug-likeness (QED) is 0.776. The molecule has 76 valence electrons.